The van der Waals surface area contributed by atoms with E-state index in [0.717, 1.165) is 11.8 Å². The largest absolute Gasteiger partial charge is 0.433 e. The Morgan fingerprint density at radius 1 is 1.50 bits per heavy atom. The first-order chi connectivity index (χ1) is 8.56. The Kier molecular flexibility index (Phi) is 3.58. The molecule has 0 unspecified atom stereocenters. The highest BCUT2D eigenvalue weighted by Gasteiger charge is 2.21. The van der Waals surface area contributed by atoms with Gasteiger partial charge >= 0.3 is 5.88 Å². The predicted octanol–water partition coefficient (Wildman–Crippen LogP) is 2.23. The van der Waals surface area contributed by atoms with Crippen LogP contribution >= 0.6 is 24.0 Å². The number of furan rings is 1. The molecule has 1 fully saturated rings. The molecule has 0 aromatic carbocycles. The molecule has 1 amide bonds. The fraction of sp³-hybridized carbons (Fsp3) is 0. The lowest BCUT2D eigenvalue weighted by Gasteiger charge is -1.86. The molecular formula is C10H6N2O4S2. The maximum absolute atomic E-state index is 11.3. The van der Waals surface area contributed by atoms with Gasteiger partial charge in [0.05, 0.1) is 11.0 Å². The van der Waals surface area contributed by atoms with Gasteiger partial charge in [0.25, 0.3) is 5.91 Å². The second-order valence-corrected chi connectivity index (χ2v) is 4.89. The summed E-state index contributed by atoms with van der Waals surface area (Å²) in [6.45, 7) is 0. The number of nitrogens with one attached hydrogen (secondary N) is 1. The molecular weight excluding hydrogens is 276 g/mol. The molecule has 0 saturated carbocycles. The number of carbonyl (C=O) groups is 1. The highest BCUT2D eigenvalue weighted by molar-refractivity contribution is 8.26. The third-order valence-electron chi connectivity index (χ3n) is 1.94. The molecule has 0 bridgehead atoms. The molecule has 8 heteroatoms. The molecule has 0 radical (unpaired) electrons. The minimum atomic E-state index is -0.617. The van der Waals surface area contributed by atoms with Crippen LogP contribution in [-0.4, -0.2) is 15.2 Å². The molecule has 0 aliphatic carbocycles. The maximum atomic E-state index is 11.3. The summed E-state index contributed by atoms with van der Waals surface area (Å²) < 4.78 is 5.32. The minimum Gasteiger partial charge on any atom is -0.401 e. The summed E-state index contributed by atoms with van der Waals surface area (Å²) in [5.74, 6) is -0.235. The van der Waals surface area contributed by atoms with E-state index in [1.54, 1.807) is 12.2 Å². The molecule has 1 aliphatic rings. The molecule has 1 saturated heterocycles. The number of nitro groups is 1. The van der Waals surface area contributed by atoms with Gasteiger partial charge in [0.1, 0.15) is 15.0 Å². The van der Waals surface area contributed by atoms with Gasteiger partial charge in [-0.1, -0.05) is 30.1 Å². The standard InChI is InChI=1S/C10H6N2O4S2/c13-9-7(18-10(17)11-9)3-1-2-6-4-5-8(16-6)12(14)15/h1-5H,(H,11,13,17)/b2-1+,7-3+. The van der Waals surface area contributed by atoms with Gasteiger partial charge in [-0.2, -0.15) is 0 Å². The van der Waals surface area contributed by atoms with E-state index in [4.69, 9.17) is 16.6 Å². The van der Waals surface area contributed by atoms with Gasteiger partial charge in [0, 0.05) is 0 Å². The van der Waals surface area contributed by atoms with Crippen LogP contribution in [0.15, 0.2) is 33.6 Å². The van der Waals surface area contributed by atoms with Gasteiger partial charge in [-0.05, 0) is 18.2 Å². The number of hydrogen-bond acceptors (Lipinski definition) is 6. The minimum absolute atomic E-state index is 0.250. The molecule has 2 heterocycles. The predicted molar refractivity (Wildman–Crippen MR) is 70.8 cm³/mol. The van der Waals surface area contributed by atoms with Crippen LogP contribution in [0.3, 0.4) is 0 Å². The zero-order chi connectivity index (χ0) is 13.1. The Hall–Kier alpha value is -1.93. The smallest absolute Gasteiger partial charge is 0.401 e. The first-order valence-corrected chi connectivity index (χ1v) is 5.94. The van der Waals surface area contributed by atoms with Crippen LogP contribution in [0.25, 0.3) is 6.08 Å². The highest BCUT2D eigenvalue weighted by Crippen LogP contribution is 2.23. The highest BCUT2D eigenvalue weighted by atomic mass is 32.2. The molecule has 18 heavy (non-hydrogen) atoms. The Bertz CT molecular complexity index is 588. The Labute approximate surface area is 111 Å². The van der Waals surface area contributed by atoms with Gasteiger partial charge in [-0.25, -0.2) is 0 Å². The third-order valence-corrected chi connectivity index (χ3v) is 3.12. The third kappa shape index (κ3) is 2.84. The zero-order valence-electron chi connectivity index (χ0n) is 8.78. The van der Waals surface area contributed by atoms with Crippen molar-refractivity contribution < 1.29 is 14.1 Å². The maximum Gasteiger partial charge on any atom is 0.433 e. The van der Waals surface area contributed by atoms with E-state index in [0.29, 0.717) is 15.0 Å². The summed E-state index contributed by atoms with van der Waals surface area (Å²) in [6, 6.07) is 2.73. The molecule has 92 valence electrons. The normalized spacial score (nSPS) is 17.7. The quantitative estimate of drug-likeness (QED) is 0.396. The summed E-state index contributed by atoms with van der Waals surface area (Å²) in [7, 11) is 0. The average molecular weight is 282 g/mol. The fourth-order valence-electron chi connectivity index (χ4n) is 1.20. The Balaban J connectivity index is 2.07. The SMILES string of the molecule is O=C1NC(=S)S/C1=C/C=C/c1ccc([N+](=O)[O-])o1. The number of allylic oxidation sites excluding steroid dienone is 2. The van der Waals surface area contributed by atoms with Crippen LogP contribution in [0.2, 0.25) is 0 Å². The van der Waals surface area contributed by atoms with Gasteiger partial charge in [-0.15, -0.1) is 0 Å². The molecule has 0 atom stereocenters. The van der Waals surface area contributed by atoms with E-state index in [1.165, 1.54) is 18.2 Å². The summed E-state index contributed by atoms with van der Waals surface area (Å²) in [5, 5.41) is 12.9. The van der Waals surface area contributed by atoms with Crippen LogP contribution < -0.4 is 5.32 Å². The fourth-order valence-corrected chi connectivity index (χ4v) is 2.19. The molecule has 2 rings (SSSR count). The lowest BCUT2D eigenvalue weighted by Crippen LogP contribution is -2.17. The summed E-state index contributed by atoms with van der Waals surface area (Å²) in [5.41, 5.74) is 0. The van der Waals surface area contributed by atoms with Crippen molar-refractivity contribution in [1.29, 1.82) is 0 Å². The van der Waals surface area contributed by atoms with Crippen molar-refractivity contribution >= 4 is 46.2 Å². The molecule has 0 spiro atoms. The number of carbonyl (C=O) groups excluding carboxylic acids is 1. The molecule has 1 aromatic heterocycles. The first kappa shape index (κ1) is 12.5. The Morgan fingerprint density at radius 3 is 2.83 bits per heavy atom. The van der Waals surface area contributed by atoms with Crippen molar-refractivity contribution in [2.24, 2.45) is 0 Å². The van der Waals surface area contributed by atoms with Gasteiger partial charge in [0.2, 0.25) is 0 Å². The van der Waals surface area contributed by atoms with Gasteiger partial charge in [0.15, 0.2) is 0 Å². The lowest BCUT2D eigenvalue weighted by atomic mass is 10.3. The molecule has 1 aliphatic heterocycles. The van der Waals surface area contributed by atoms with E-state index in [2.05, 4.69) is 5.32 Å². The van der Waals surface area contributed by atoms with Gasteiger partial charge < -0.3 is 9.73 Å². The van der Waals surface area contributed by atoms with E-state index in [9.17, 15) is 14.9 Å². The van der Waals surface area contributed by atoms with Crippen molar-refractivity contribution in [2.45, 2.75) is 0 Å². The first-order valence-electron chi connectivity index (χ1n) is 4.72. The zero-order valence-corrected chi connectivity index (χ0v) is 10.4. The van der Waals surface area contributed by atoms with E-state index in [1.807, 2.05) is 0 Å². The van der Waals surface area contributed by atoms with Crippen molar-refractivity contribution in [3.63, 3.8) is 0 Å². The Morgan fingerprint density at radius 2 is 2.28 bits per heavy atom. The van der Waals surface area contributed by atoms with E-state index < -0.39 is 4.92 Å². The second kappa shape index (κ2) is 5.15. The topological polar surface area (TPSA) is 85.4 Å². The van der Waals surface area contributed by atoms with Crippen LogP contribution in [0, 0.1) is 10.1 Å². The van der Waals surface area contributed by atoms with E-state index in [-0.39, 0.29) is 11.8 Å². The van der Waals surface area contributed by atoms with Crippen LogP contribution in [0.5, 0.6) is 0 Å². The summed E-state index contributed by atoms with van der Waals surface area (Å²) >= 11 is 5.98. The number of thioether (sulfide) groups is 1. The number of nitrogens with zero attached hydrogens (tertiary/aromatic N) is 1. The number of amides is 1. The van der Waals surface area contributed by atoms with Crippen molar-refractivity contribution in [1.82, 2.24) is 5.32 Å². The monoisotopic (exact) mass is 282 g/mol. The molecule has 6 nitrogen and oxygen atoms in total. The number of hydrogen-bond donors (Lipinski definition) is 1. The van der Waals surface area contributed by atoms with Crippen LogP contribution in [0.1, 0.15) is 5.76 Å². The van der Waals surface area contributed by atoms with Crippen LogP contribution in [0.4, 0.5) is 5.88 Å². The van der Waals surface area contributed by atoms with Crippen molar-refractivity contribution in [3.8, 4) is 0 Å². The summed E-state index contributed by atoms with van der Waals surface area (Å²) in [4.78, 5) is 21.5. The number of thiocarbonyl (C=S) groups is 1. The average Bonchev–Trinajstić information content (AvgIpc) is 2.87. The second-order valence-electron chi connectivity index (χ2n) is 3.17. The molecule has 1 N–H and O–H groups in total. The van der Waals surface area contributed by atoms with Crippen molar-refractivity contribution in [2.75, 3.05) is 0 Å². The number of rotatable bonds is 3. The summed E-state index contributed by atoms with van der Waals surface area (Å²) in [6.07, 6.45) is 4.65. The lowest BCUT2D eigenvalue weighted by molar-refractivity contribution is -0.402. The van der Waals surface area contributed by atoms with Gasteiger partial charge in [-0.3, -0.25) is 14.9 Å². The van der Waals surface area contributed by atoms with Crippen molar-refractivity contribution in [3.05, 3.63) is 45.1 Å². The molecule has 1 aromatic rings. The van der Waals surface area contributed by atoms with E-state index >= 15 is 0 Å². The van der Waals surface area contributed by atoms with Crippen LogP contribution in [-0.2, 0) is 4.79 Å².